The third-order valence-corrected chi connectivity index (χ3v) is 8.13. The summed E-state index contributed by atoms with van der Waals surface area (Å²) in [4.78, 5) is 55.8. The molecule has 2 saturated heterocycles. The molecule has 1 aromatic rings. The number of carbonyl (C=O) groups excluding carboxylic acids is 4. The van der Waals surface area contributed by atoms with E-state index >= 15 is 0 Å². The summed E-state index contributed by atoms with van der Waals surface area (Å²) in [6.45, 7) is 3.54. The number of thioether (sulfide) groups is 1. The predicted molar refractivity (Wildman–Crippen MR) is 137 cm³/mol. The zero-order chi connectivity index (χ0) is 27.9. The Balaban J connectivity index is 1.57. The minimum atomic E-state index is -1.22. The van der Waals surface area contributed by atoms with Crippen molar-refractivity contribution in [3.05, 3.63) is 11.1 Å². The van der Waals surface area contributed by atoms with Crippen LogP contribution in [0.2, 0.25) is 0 Å². The summed E-state index contributed by atoms with van der Waals surface area (Å²) in [6, 6.07) is -0.901. The fraction of sp³-hybridized carbons (Fsp3) is 0.636. The average molecular weight is 574 g/mol. The fourth-order valence-corrected chi connectivity index (χ4v) is 6.03. The van der Waals surface area contributed by atoms with Crippen molar-refractivity contribution in [2.45, 2.75) is 50.8 Å². The van der Waals surface area contributed by atoms with Gasteiger partial charge < -0.3 is 40.1 Å². The topological polar surface area (TPSA) is 192 Å². The van der Waals surface area contributed by atoms with E-state index in [4.69, 9.17) is 24.7 Å². The van der Waals surface area contributed by atoms with E-state index in [1.807, 2.05) is 6.92 Å². The van der Waals surface area contributed by atoms with Crippen molar-refractivity contribution in [1.29, 1.82) is 0 Å². The molecule has 4 N–H and O–H groups in total. The van der Waals surface area contributed by atoms with Gasteiger partial charge in [-0.3, -0.25) is 14.4 Å². The second-order valence-electron chi connectivity index (χ2n) is 8.75. The molecule has 2 fully saturated rings. The molecule has 2 aliphatic rings. The molecule has 2 amide bonds. The van der Waals surface area contributed by atoms with Crippen LogP contribution < -0.4 is 11.1 Å². The maximum atomic E-state index is 13.1. The summed E-state index contributed by atoms with van der Waals surface area (Å²) in [5.41, 5.74) is 4.05. The van der Waals surface area contributed by atoms with E-state index in [0.29, 0.717) is 6.42 Å². The molecule has 14 nitrogen and oxygen atoms in total. The van der Waals surface area contributed by atoms with Crippen LogP contribution in [0.1, 0.15) is 38.8 Å². The number of esters is 1. The zero-order valence-electron chi connectivity index (χ0n) is 21.2. The summed E-state index contributed by atoms with van der Waals surface area (Å²) in [5, 5.41) is 16.0. The maximum absolute atomic E-state index is 13.1. The average Bonchev–Trinajstić information content (AvgIpc) is 3.31. The van der Waals surface area contributed by atoms with Gasteiger partial charge >= 0.3 is 12.1 Å². The Bertz CT molecular complexity index is 1070. The van der Waals surface area contributed by atoms with Crippen LogP contribution in [0.3, 0.4) is 0 Å². The first-order valence-electron chi connectivity index (χ1n) is 11.9. The lowest BCUT2D eigenvalue weighted by Gasteiger charge is -2.53. The van der Waals surface area contributed by atoms with Gasteiger partial charge in [0.1, 0.15) is 22.5 Å². The van der Waals surface area contributed by atoms with Gasteiger partial charge in [-0.15, -0.1) is 23.1 Å². The van der Waals surface area contributed by atoms with Gasteiger partial charge in [0.2, 0.25) is 12.2 Å². The van der Waals surface area contributed by atoms with Crippen molar-refractivity contribution in [3.8, 4) is 0 Å². The van der Waals surface area contributed by atoms with E-state index in [0.717, 1.165) is 24.2 Å². The number of methoxy groups -OCH3 is 1. The zero-order valence-corrected chi connectivity index (χ0v) is 22.8. The Hall–Kier alpha value is -3.11. The number of hydrogen-bond donors (Lipinski definition) is 3. The van der Waals surface area contributed by atoms with E-state index < -0.39 is 47.1 Å². The second kappa shape index (κ2) is 13.1. The summed E-state index contributed by atoms with van der Waals surface area (Å²) in [6.07, 6.45) is 0.427. The number of ether oxygens (including phenoxy) is 4. The number of nitrogens with two attached hydrogens (primary N) is 1. The number of nitrogens with one attached hydrogen (secondary N) is 1. The Morgan fingerprint density at radius 2 is 2.13 bits per heavy atom. The second-order valence-corrected chi connectivity index (χ2v) is 10.7. The van der Waals surface area contributed by atoms with Crippen molar-refractivity contribution >= 4 is 57.9 Å². The molecule has 1 aromatic heterocycles. The van der Waals surface area contributed by atoms with E-state index in [9.17, 15) is 24.4 Å². The molecule has 0 aliphatic carbocycles. The molecule has 2 aliphatic heterocycles. The SMILES string of the molecule is CCCCCOC(=O)OC(C)OC(=O)C1(COC)CS[C@@H]2C(NC(=O)C(=NO)c3csc(N)n3)C(=O)N2C1. The molecule has 16 heteroatoms. The largest absolute Gasteiger partial charge is 0.511 e. The van der Waals surface area contributed by atoms with Gasteiger partial charge in [-0.1, -0.05) is 24.9 Å². The van der Waals surface area contributed by atoms with Gasteiger partial charge in [0, 0.05) is 31.7 Å². The van der Waals surface area contributed by atoms with E-state index in [-0.39, 0.29) is 42.0 Å². The molecule has 0 saturated carbocycles. The van der Waals surface area contributed by atoms with Gasteiger partial charge in [0.15, 0.2) is 10.8 Å². The quantitative estimate of drug-likeness (QED) is 0.0616. The number of nitrogen functional groups attached to an aromatic ring is 1. The van der Waals surface area contributed by atoms with Gasteiger partial charge in [0.05, 0.1) is 13.2 Å². The first kappa shape index (κ1) is 29.4. The molecular weight excluding hydrogens is 542 g/mol. The van der Waals surface area contributed by atoms with Crippen molar-refractivity contribution in [3.63, 3.8) is 0 Å². The lowest BCUT2D eigenvalue weighted by Crippen LogP contribution is -2.74. The minimum Gasteiger partial charge on any atom is -0.434 e. The van der Waals surface area contributed by atoms with Crippen molar-refractivity contribution < 1.29 is 43.3 Å². The lowest BCUT2D eigenvalue weighted by molar-refractivity contribution is -0.185. The molecule has 0 spiro atoms. The molecule has 4 atom stereocenters. The van der Waals surface area contributed by atoms with Crippen LogP contribution in [0.25, 0.3) is 0 Å². The number of nitrogens with zero attached hydrogens (tertiary/aromatic N) is 3. The first-order chi connectivity index (χ1) is 18.2. The number of aromatic nitrogens is 1. The fourth-order valence-electron chi connectivity index (χ4n) is 3.97. The third-order valence-electron chi connectivity index (χ3n) is 5.87. The number of amides is 2. The van der Waals surface area contributed by atoms with Crippen LogP contribution in [0.15, 0.2) is 10.5 Å². The molecule has 3 unspecified atom stereocenters. The number of carbonyl (C=O) groups is 4. The summed E-state index contributed by atoms with van der Waals surface area (Å²) in [5.74, 6) is -1.72. The van der Waals surface area contributed by atoms with Crippen LogP contribution >= 0.6 is 23.1 Å². The normalized spacial score (nSPS) is 23.6. The number of β-lactam (4-membered cyclic amide) rings is 1. The summed E-state index contributed by atoms with van der Waals surface area (Å²) >= 11 is 2.33. The predicted octanol–water partition coefficient (Wildman–Crippen LogP) is 1.17. The highest BCUT2D eigenvalue weighted by Gasteiger charge is 2.58. The first-order valence-corrected chi connectivity index (χ1v) is 13.8. The van der Waals surface area contributed by atoms with E-state index in [2.05, 4.69) is 15.5 Å². The smallest absolute Gasteiger partial charge is 0.434 e. The molecule has 38 heavy (non-hydrogen) atoms. The molecule has 3 heterocycles. The molecular formula is C22H31N5O9S2. The summed E-state index contributed by atoms with van der Waals surface area (Å²) < 4.78 is 20.6. The molecule has 0 aromatic carbocycles. The minimum absolute atomic E-state index is 0.0275. The molecule has 0 bridgehead atoms. The molecule has 0 radical (unpaired) electrons. The number of rotatable bonds is 12. The van der Waals surface area contributed by atoms with Crippen molar-refractivity contribution in [1.82, 2.24) is 15.2 Å². The number of fused-ring (bicyclic) bond motifs is 1. The van der Waals surface area contributed by atoms with Gasteiger partial charge in [-0.25, -0.2) is 9.78 Å². The lowest BCUT2D eigenvalue weighted by atomic mass is 9.88. The highest BCUT2D eigenvalue weighted by Crippen LogP contribution is 2.43. The molecule has 3 rings (SSSR count). The Morgan fingerprint density at radius 3 is 2.76 bits per heavy atom. The standard InChI is InChI=1S/C22H31N5O9S2/c1-4-5-6-7-34-21(31)36-12(2)35-19(30)22(10-33-3)9-27-17(29)15(18(27)38-11-22)25-16(28)14(26-32)13-8-37-20(23)24-13/h8,12,15,18,32H,4-7,9-11H2,1-3H3,(H2,23,24)(H,25,28)/t12?,15?,18-,22?/m1/s1. The van der Waals surface area contributed by atoms with Gasteiger partial charge in [-0.2, -0.15) is 0 Å². The van der Waals surface area contributed by atoms with Crippen LogP contribution in [0, 0.1) is 5.41 Å². The molecule has 210 valence electrons. The van der Waals surface area contributed by atoms with Crippen LogP contribution in [-0.4, -0.2) is 95.1 Å². The van der Waals surface area contributed by atoms with Gasteiger partial charge in [0.25, 0.3) is 5.91 Å². The summed E-state index contributed by atoms with van der Waals surface area (Å²) in [7, 11) is 1.42. The Labute approximate surface area is 227 Å². The van der Waals surface area contributed by atoms with Gasteiger partial charge in [-0.05, 0) is 6.42 Å². The van der Waals surface area contributed by atoms with Crippen LogP contribution in [0.4, 0.5) is 9.93 Å². The Morgan fingerprint density at radius 1 is 1.37 bits per heavy atom. The number of thiazole rings is 1. The monoisotopic (exact) mass is 573 g/mol. The highest BCUT2D eigenvalue weighted by atomic mass is 32.2. The van der Waals surface area contributed by atoms with Crippen molar-refractivity contribution in [2.75, 3.05) is 38.4 Å². The van der Waals surface area contributed by atoms with Crippen molar-refractivity contribution in [2.24, 2.45) is 10.6 Å². The van der Waals surface area contributed by atoms with Crippen LogP contribution in [-0.2, 0) is 33.3 Å². The van der Waals surface area contributed by atoms with E-state index in [1.54, 1.807) is 0 Å². The third kappa shape index (κ3) is 6.66. The van der Waals surface area contributed by atoms with Crippen LogP contribution in [0.5, 0.6) is 0 Å². The maximum Gasteiger partial charge on any atom is 0.511 e. The highest BCUT2D eigenvalue weighted by molar-refractivity contribution is 8.00. The number of anilines is 1. The number of hydrogen-bond acceptors (Lipinski definition) is 14. The Kier molecular flexibility index (Phi) is 10.2. The number of oxime groups is 1. The van der Waals surface area contributed by atoms with E-state index in [1.165, 1.54) is 36.1 Å². The number of unbranched alkanes of at least 4 members (excludes halogenated alkanes) is 2.